The van der Waals surface area contributed by atoms with E-state index in [1.807, 2.05) is 43.3 Å². The number of pyridine rings is 1. The van der Waals surface area contributed by atoms with Crippen molar-refractivity contribution in [2.45, 2.75) is 90.9 Å². The lowest BCUT2D eigenvalue weighted by Crippen LogP contribution is -2.57. The molecule has 2 N–H and O–H groups in total. The van der Waals surface area contributed by atoms with Gasteiger partial charge in [0.15, 0.2) is 8.32 Å². The summed E-state index contributed by atoms with van der Waals surface area (Å²) < 4.78 is 12.3. The average molecular weight is 792 g/mol. The van der Waals surface area contributed by atoms with Crippen LogP contribution in [0.5, 0.6) is 5.88 Å². The van der Waals surface area contributed by atoms with E-state index in [0.717, 1.165) is 48.6 Å². The second-order valence-corrected chi connectivity index (χ2v) is 22.2. The number of fused-ring (bicyclic) bond motifs is 1. The van der Waals surface area contributed by atoms with E-state index < -0.39 is 13.9 Å². The number of benzene rings is 2. The Hall–Kier alpha value is -3.42. The second kappa shape index (κ2) is 15.6. The van der Waals surface area contributed by atoms with Gasteiger partial charge in [0.1, 0.15) is 11.4 Å². The Morgan fingerprint density at radius 1 is 1.00 bits per heavy atom. The van der Waals surface area contributed by atoms with Crippen LogP contribution in [0, 0.1) is 6.92 Å². The summed E-state index contributed by atoms with van der Waals surface area (Å²) in [6, 6.07) is 12.9. The molecule has 0 saturated carbocycles. The van der Waals surface area contributed by atoms with E-state index in [2.05, 4.69) is 49.0 Å². The SMILES string of the molecule is COc1nc(-c2cccc(-c3cccc(NC(=O)c4cc(C)c5c(n4)CN(CC(C)(C)O)CC5)c3Cl)c2Cl)cnc1CN1CC(O[Si](C)(C)C(C)(C)C)C1. The van der Waals surface area contributed by atoms with Crippen molar-refractivity contribution in [3.8, 4) is 28.3 Å². The molecule has 2 aromatic carbocycles. The van der Waals surface area contributed by atoms with Gasteiger partial charge in [-0.15, -0.1) is 0 Å². The van der Waals surface area contributed by atoms with Gasteiger partial charge < -0.3 is 19.6 Å². The number of methoxy groups -OCH3 is 1. The smallest absolute Gasteiger partial charge is 0.274 e. The Balaban J connectivity index is 1.18. The fourth-order valence-corrected chi connectivity index (χ4v) is 8.82. The number of hydrogen-bond donors (Lipinski definition) is 2. The molecule has 54 heavy (non-hydrogen) atoms. The number of β-amino-alcohol motifs (C(OH)–C–C–N with tert-alkyl or cyclic N) is 1. The first kappa shape index (κ1) is 40.2. The van der Waals surface area contributed by atoms with Crippen molar-refractivity contribution in [1.82, 2.24) is 24.8 Å². The summed E-state index contributed by atoms with van der Waals surface area (Å²) in [6.45, 7) is 21.2. The number of nitrogens with one attached hydrogen (secondary N) is 1. The maximum Gasteiger partial charge on any atom is 0.274 e. The van der Waals surface area contributed by atoms with E-state index in [9.17, 15) is 9.90 Å². The number of carbonyl (C=O) groups excluding carboxylic acids is 1. The standard InChI is InChI=1S/C41H52Cl2N6O4Si/c1-25-18-32(45-34-22-48(17-16-27(25)34)24-41(5,6)51)38(50)46-31-15-11-13-29(37(31)43)28-12-10-14-30(36(28)42)33-19-44-35(39(47-33)52-7)23-49-20-26(21-49)53-54(8,9)40(2,3)4/h10-15,18-19,26,51H,16-17,20-24H2,1-9H3,(H,46,50). The van der Waals surface area contributed by atoms with Gasteiger partial charge in [-0.05, 0) is 68.6 Å². The maximum atomic E-state index is 13.6. The topological polar surface area (TPSA) is 113 Å². The monoisotopic (exact) mass is 790 g/mol. The molecule has 2 aliphatic heterocycles. The minimum Gasteiger partial charge on any atom is -0.480 e. The third-order valence-corrected chi connectivity index (χ3v) is 16.1. The van der Waals surface area contributed by atoms with Gasteiger partial charge in [0.05, 0.1) is 52.1 Å². The predicted octanol–water partition coefficient (Wildman–Crippen LogP) is 8.42. The van der Waals surface area contributed by atoms with Crippen LogP contribution in [0.2, 0.25) is 28.2 Å². The Kier molecular flexibility index (Phi) is 11.6. The normalized spacial score (nSPS) is 15.9. The van der Waals surface area contributed by atoms with Crippen LogP contribution in [-0.4, -0.2) is 89.1 Å². The largest absolute Gasteiger partial charge is 0.480 e. The van der Waals surface area contributed by atoms with Gasteiger partial charge in [-0.1, -0.05) is 74.3 Å². The van der Waals surface area contributed by atoms with Crippen molar-refractivity contribution in [1.29, 1.82) is 0 Å². The predicted molar refractivity (Wildman–Crippen MR) is 219 cm³/mol. The van der Waals surface area contributed by atoms with Crippen LogP contribution < -0.4 is 10.1 Å². The molecule has 0 aliphatic carbocycles. The van der Waals surface area contributed by atoms with Crippen LogP contribution in [0.15, 0.2) is 48.7 Å². The summed E-state index contributed by atoms with van der Waals surface area (Å²) in [5.74, 6) is 0.0835. The highest BCUT2D eigenvalue weighted by atomic mass is 35.5. The highest BCUT2D eigenvalue weighted by Crippen LogP contribution is 2.42. The maximum absolute atomic E-state index is 13.6. The van der Waals surface area contributed by atoms with Gasteiger partial charge in [0.2, 0.25) is 5.88 Å². The molecule has 1 amide bonds. The number of hydrogen-bond acceptors (Lipinski definition) is 9. The van der Waals surface area contributed by atoms with Crippen LogP contribution in [0.25, 0.3) is 22.4 Å². The van der Waals surface area contributed by atoms with Crippen LogP contribution >= 0.6 is 23.2 Å². The molecule has 288 valence electrons. The summed E-state index contributed by atoms with van der Waals surface area (Å²) in [5, 5.41) is 14.3. The molecule has 0 bridgehead atoms. The van der Waals surface area contributed by atoms with E-state index in [-0.39, 0.29) is 17.0 Å². The summed E-state index contributed by atoms with van der Waals surface area (Å²) >= 11 is 14.1. The average Bonchev–Trinajstić information content (AvgIpc) is 3.07. The minimum atomic E-state index is -1.83. The summed E-state index contributed by atoms with van der Waals surface area (Å²) in [5.41, 5.74) is 6.29. The van der Waals surface area contributed by atoms with Gasteiger partial charge in [-0.3, -0.25) is 19.6 Å². The number of ether oxygens (including phenoxy) is 1. The Labute approximate surface area is 330 Å². The van der Waals surface area contributed by atoms with Gasteiger partial charge in [-0.2, -0.15) is 0 Å². The molecule has 1 fully saturated rings. The van der Waals surface area contributed by atoms with E-state index in [4.69, 9.17) is 47.3 Å². The third kappa shape index (κ3) is 8.83. The molecule has 2 aromatic heterocycles. The fourth-order valence-electron chi connectivity index (χ4n) is 6.89. The molecule has 6 rings (SSSR count). The fraction of sp³-hybridized carbons (Fsp3) is 0.463. The van der Waals surface area contributed by atoms with Crippen LogP contribution in [0.4, 0.5) is 5.69 Å². The highest BCUT2D eigenvalue weighted by Gasteiger charge is 2.42. The number of aryl methyl sites for hydroxylation is 1. The van der Waals surface area contributed by atoms with Crippen molar-refractivity contribution in [2.75, 3.05) is 38.6 Å². The molecular formula is C41H52Cl2N6O4Si. The van der Waals surface area contributed by atoms with Crippen molar-refractivity contribution in [3.63, 3.8) is 0 Å². The van der Waals surface area contributed by atoms with Gasteiger partial charge in [0.25, 0.3) is 5.91 Å². The number of nitrogens with zero attached hydrogens (tertiary/aromatic N) is 5. The lowest BCUT2D eigenvalue weighted by molar-refractivity contribution is 0.00441. The Bertz CT molecular complexity index is 2040. The molecule has 2 aliphatic rings. The first-order chi connectivity index (χ1) is 25.3. The van der Waals surface area contributed by atoms with E-state index in [0.29, 0.717) is 69.3 Å². The molecule has 0 radical (unpaired) electrons. The molecule has 10 nitrogen and oxygen atoms in total. The van der Waals surface area contributed by atoms with Gasteiger partial charge >= 0.3 is 0 Å². The number of anilines is 1. The Morgan fingerprint density at radius 2 is 1.67 bits per heavy atom. The van der Waals surface area contributed by atoms with Crippen molar-refractivity contribution < 1.29 is 19.1 Å². The second-order valence-electron chi connectivity index (χ2n) is 16.7. The molecule has 4 heterocycles. The number of likely N-dealkylation sites (tertiary alicyclic amines) is 1. The molecule has 1 saturated heterocycles. The number of aromatic nitrogens is 3. The number of aliphatic hydroxyl groups is 1. The number of rotatable bonds is 11. The van der Waals surface area contributed by atoms with E-state index in [1.54, 1.807) is 33.2 Å². The number of amides is 1. The van der Waals surface area contributed by atoms with Crippen LogP contribution in [0.3, 0.4) is 0 Å². The van der Waals surface area contributed by atoms with Crippen molar-refractivity contribution >= 4 is 43.1 Å². The van der Waals surface area contributed by atoms with Gasteiger partial charge in [-0.25, -0.2) is 9.97 Å². The quantitative estimate of drug-likeness (QED) is 0.145. The lowest BCUT2D eigenvalue weighted by Gasteiger charge is -2.46. The molecule has 0 spiro atoms. The molecule has 4 aromatic rings. The third-order valence-electron chi connectivity index (χ3n) is 10.7. The highest BCUT2D eigenvalue weighted by molar-refractivity contribution is 6.74. The first-order valence-corrected chi connectivity index (χ1v) is 22.1. The van der Waals surface area contributed by atoms with E-state index >= 15 is 0 Å². The number of halogens is 2. The van der Waals surface area contributed by atoms with Gasteiger partial charge in [0, 0.05) is 56.0 Å². The molecular weight excluding hydrogens is 739 g/mol. The Morgan fingerprint density at radius 3 is 2.33 bits per heavy atom. The first-order valence-electron chi connectivity index (χ1n) is 18.5. The summed E-state index contributed by atoms with van der Waals surface area (Å²) in [6.07, 6.45) is 2.77. The zero-order chi connectivity index (χ0) is 39.2. The summed E-state index contributed by atoms with van der Waals surface area (Å²) in [4.78, 5) is 32.4. The van der Waals surface area contributed by atoms with Crippen molar-refractivity contribution in [2.24, 2.45) is 0 Å². The summed E-state index contributed by atoms with van der Waals surface area (Å²) in [7, 11) is -0.229. The molecule has 13 heteroatoms. The van der Waals surface area contributed by atoms with E-state index in [1.165, 1.54) is 0 Å². The minimum absolute atomic E-state index is 0.170. The zero-order valence-electron chi connectivity index (χ0n) is 32.8. The number of carbonyl (C=O) groups is 1. The van der Waals surface area contributed by atoms with Crippen LogP contribution in [0.1, 0.15) is 67.6 Å². The molecule has 0 atom stereocenters. The van der Waals surface area contributed by atoms with Crippen LogP contribution in [-0.2, 0) is 23.9 Å². The zero-order valence-corrected chi connectivity index (χ0v) is 35.3. The molecule has 0 unspecified atom stereocenters. The van der Waals surface area contributed by atoms with Crippen molar-refractivity contribution in [3.05, 3.63) is 86.9 Å². The lowest BCUT2D eigenvalue weighted by atomic mass is 9.97.